The van der Waals surface area contributed by atoms with E-state index in [4.69, 9.17) is 17.3 Å². The Bertz CT molecular complexity index is 604. The standard InChI is InChI=1S/C13H20ClN3O2S/c1-9-12(15)6-10(14)7-13(9)20(18,19)16-8-11-4-3-5-17(11)2/h6-7,11,16H,3-5,8,15H2,1-2H3. The Morgan fingerprint density at radius 2 is 2.20 bits per heavy atom. The first-order valence-corrected chi connectivity index (χ1v) is 8.43. The van der Waals surface area contributed by atoms with E-state index in [1.165, 1.54) is 6.07 Å². The molecule has 1 heterocycles. The molecule has 1 aromatic rings. The number of rotatable bonds is 4. The van der Waals surface area contributed by atoms with Crippen molar-refractivity contribution < 1.29 is 8.42 Å². The van der Waals surface area contributed by atoms with Crippen molar-refractivity contribution in [2.75, 3.05) is 25.9 Å². The maximum absolute atomic E-state index is 12.4. The van der Waals surface area contributed by atoms with E-state index in [0.29, 0.717) is 22.8 Å². The van der Waals surface area contributed by atoms with E-state index in [-0.39, 0.29) is 10.9 Å². The second-order valence-electron chi connectivity index (χ2n) is 5.25. The first-order chi connectivity index (χ1) is 9.31. The van der Waals surface area contributed by atoms with Crippen LogP contribution < -0.4 is 10.5 Å². The van der Waals surface area contributed by atoms with Crippen molar-refractivity contribution in [2.45, 2.75) is 30.7 Å². The van der Waals surface area contributed by atoms with Crippen LogP contribution >= 0.6 is 11.6 Å². The van der Waals surface area contributed by atoms with Crippen LogP contribution in [0.3, 0.4) is 0 Å². The summed E-state index contributed by atoms with van der Waals surface area (Å²) in [7, 11) is -1.58. The second kappa shape index (κ2) is 5.89. The fourth-order valence-corrected chi connectivity index (χ4v) is 4.14. The number of likely N-dealkylation sites (tertiary alicyclic amines) is 1. The smallest absolute Gasteiger partial charge is 0.241 e. The fraction of sp³-hybridized carbons (Fsp3) is 0.538. The van der Waals surface area contributed by atoms with Gasteiger partial charge in [-0.3, -0.25) is 0 Å². The first-order valence-electron chi connectivity index (χ1n) is 6.57. The Labute approximate surface area is 125 Å². The van der Waals surface area contributed by atoms with Crippen LogP contribution in [0.5, 0.6) is 0 Å². The number of nitrogens with two attached hydrogens (primary N) is 1. The lowest BCUT2D eigenvalue weighted by molar-refractivity contribution is 0.311. The molecular formula is C13H20ClN3O2S. The van der Waals surface area contributed by atoms with Crippen molar-refractivity contribution in [3.05, 3.63) is 22.7 Å². The number of benzene rings is 1. The summed E-state index contributed by atoms with van der Waals surface area (Å²) in [6.45, 7) is 3.10. The summed E-state index contributed by atoms with van der Waals surface area (Å²) in [5.74, 6) is 0. The molecule has 0 bridgehead atoms. The van der Waals surface area contributed by atoms with E-state index >= 15 is 0 Å². The van der Waals surface area contributed by atoms with E-state index in [1.54, 1.807) is 13.0 Å². The van der Waals surface area contributed by atoms with E-state index < -0.39 is 10.0 Å². The molecule has 1 aliphatic rings. The number of anilines is 1. The number of nitrogens with zero attached hydrogens (tertiary/aromatic N) is 1. The van der Waals surface area contributed by atoms with Gasteiger partial charge in [-0.1, -0.05) is 11.6 Å². The highest BCUT2D eigenvalue weighted by atomic mass is 35.5. The number of likely N-dealkylation sites (N-methyl/N-ethyl adjacent to an activating group) is 1. The summed E-state index contributed by atoms with van der Waals surface area (Å²) in [4.78, 5) is 2.32. The Balaban J connectivity index is 2.18. The highest BCUT2D eigenvalue weighted by molar-refractivity contribution is 7.89. The van der Waals surface area contributed by atoms with Gasteiger partial charge in [0.15, 0.2) is 0 Å². The third-order valence-electron chi connectivity index (χ3n) is 3.83. The van der Waals surface area contributed by atoms with Gasteiger partial charge < -0.3 is 10.6 Å². The van der Waals surface area contributed by atoms with E-state index in [2.05, 4.69) is 9.62 Å². The highest BCUT2D eigenvalue weighted by Gasteiger charge is 2.24. The predicted molar refractivity (Wildman–Crippen MR) is 81.4 cm³/mol. The SMILES string of the molecule is Cc1c(N)cc(Cl)cc1S(=O)(=O)NCC1CCCN1C. The Hall–Kier alpha value is -0.820. The van der Waals surface area contributed by atoms with E-state index in [0.717, 1.165) is 19.4 Å². The molecule has 20 heavy (non-hydrogen) atoms. The number of nitrogens with one attached hydrogen (secondary N) is 1. The van der Waals surface area contributed by atoms with Crippen molar-refractivity contribution >= 4 is 27.3 Å². The molecule has 0 radical (unpaired) electrons. The molecule has 0 aromatic heterocycles. The summed E-state index contributed by atoms with van der Waals surface area (Å²) in [6, 6.07) is 3.25. The monoisotopic (exact) mass is 317 g/mol. The number of halogens is 1. The van der Waals surface area contributed by atoms with Crippen molar-refractivity contribution in [1.82, 2.24) is 9.62 Å². The van der Waals surface area contributed by atoms with Crippen LogP contribution in [0.25, 0.3) is 0 Å². The van der Waals surface area contributed by atoms with Gasteiger partial charge in [-0.25, -0.2) is 13.1 Å². The predicted octanol–water partition coefficient (Wildman–Crippen LogP) is 1.60. The van der Waals surface area contributed by atoms with Crippen molar-refractivity contribution in [1.29, 1.82) is 0 Å². The second-order valence-corrected chi connectivity index (χ2v) is 7.42. The number of hydrogen-bond donors (Lipinski definition) is 2. The summed E-state index contributed by atoms with van der Waals surface area (Å²) in [5.41, 5.74) is 6.69. The molecule has 1 atom stereocenters. The van der Waals surface area contributed by atoms with Gasteiger partial charge in [0.05, 0.1) is 4.90 Å². The number of hydrogen-bond acceptors (Lipinski definition) is 4. The zero-order chi connectivity index (χ0) is 14.9. The largest absolute Gasteiger partial charge is 0.398 e. The lowest BCUT2D eigenvalue weighted by Gasteiger charge is -2.20. The zero-order valence-corrected chi connectivity index (χ0v) is 13.3. The molecule has 1 saturated heterocycles. The quantitative estimate of drug-likeness (QED) is 0.827. The minimum atomic E-state index is -3.59. The molecule has 1 unspecified atom stereocenters. The molecule has 5 nitrogen and oxygen atoms in total. The van der Waals surface area contributed by atoms with Crippen LogP contribution in [-0.4, -0.2) is 39.5 Å². The molecule has 112 valence electrons. The molecule has 1 aliphatic heterocycles. The first kappa shape index (κ1) is 15.6. The normalized spacial score (nSPS) is 20.4. The Morgan fingerprint density at radius 1 is 1.50 bits per heavy atom. The van der Waals surface area contributed by atoms with Crippen LogP contribution in [0.4, 0.5) is 5.69 Å². The van der Waals surface area contributed by atoms with Gasteiger partial charge in [0.1, 0.15) is 0 Å². The average Bonchev–Trinajstić information content (AvgIpc) is 2.77. The van der Waals surface area contributed by atoms with Crippen LogP contribution in [0, 0.1) is 6.92 Å². The topological polar surface area (TPSA) is 75.4 Å². The van der Waals surface area contributed by atoms with Gasteiger partial charge >= 0.3 is 0 Å². The molecule has 0 aliphatic carbocycles. The maximum Gasteiger partial charge on any atom is 0.241 e. The Kier molecular flexibility index (Phi) is 4.59. The maximum atomic E-state index is 12.4. The fourth-order valence-electron chi connectivity index (χ4n) is 2.47. The van der Waals surface area contributed by atoms with Crippen LogP contribution in [0.2, 0.25) is 5.02 Å². The molecule has 7 heteroatoms. The van der Waals surface area contributed by atoms with Crippen molar-refractivity contribution in [2.24, 2.45) is 0 Å². The molecule has 0 spiro atoms. The lowest BCUT2D eigenvalue weighted by atomic mass is 10.2. The van der Waals surface area contributed by atoms with E-state index in [1.807, 2.05) is 7.05 Å². The van der Waals surface area contributed by atoms with Gasteiger partial charge in [-0.2, -0.15) is 0 Å². The molecule has 0 amide bonds. The molecule has 1 aromatic carbocycles. The summed E-state index contributed by atoms with van der Waals surface area (Å²) < 4.78 is 27.4. The summed E-state index contributed by atoms with van der Waals surface area (Å²) in [6.07, 6.45) is 2.11. The van der Waals surface area contributed by atoms with Gasteiger partial charge in [0, 0.05) is 23.3 Å². The summed E-state index contributed by atoms with van der Waals surface area (Å²) in [5, 5.41) is 0.325. The average molecular weight is 318 g/mol. The minimum absolute atomic E-state index is 0.156. The van der Waals surface area contributed by atoms with Crippen LogP contribution in [0.1, 0.15) is 18.4 Å². The Morgan fingerprint density at radius 3 is 2.80 bits per heavy atom. The minimum Gasteiger partial charge on any atom is -0.398 e. The molecule has 0 saturated carbocycles. The zero-order valence-electron chi connectivity index (χ0n) is 11.7. The third kappa shape index (κ3) is 3.25. The molecule has 2 rings (SSSR count). The lowest BCUT2D eigenvalue weighted by Crippen LogP contribution is -2.38. The molecular weight excluding hydrogens is 298 g/mol. The van der Waals surface area contributed by atoms with E-state index in [9.17, 15) is 8.42 Å². The van der Waals surface area contributed by atoms with Crippen molar-refractivity contribution in [3.63, 3.8) is 0 Å². The molecule has 3 N–H and O–H groups in total. The van der Waals surface area contributed by atoms with Gasteiger partial charge in [-0.15, -0.1) is 0 Å². The summed E-state index contributed by atoms with van der Waals surface area (Å²) >= 11 is 5.90. The third-order valence-corrected chi connectivity index (χ3v) is 5.60. The number of sulfonamides is 1. The van der Waals surface area contributed by atoms with Gasteiger partial charge in [0.25, 0.3) is 0 Å². The highest BCUT2D eigenvalue weighted by Crippen LogP contribution is 2.26. The molecule has 1 fully saturated rings. The van der Waals surface area contributed by atoms with Crippen LogP contribution in [0.15, 0.2) is 17.0 Å². The van der Waals surface area contributed by atoms with Gasteiger partial charge in [-0.05, 0) is 51.1 Å². The van der Waals surface area contributed by atoms with Gasteiger partial charge in [0.2, 0.25) is 10.0 Å². The van der Waals surface area contributed by atoms with Crippen LogP contribution in [-0.2, 0) is 10.0 Å². The number of nitrogen functional groups attached to an aromatic ring is 1. The van der Waals surface area contributed by atoms with Crippen molar-refractivity contribution in [3.8, 4) is 0 Å².